The SMILES string of the molecule is Cc1cccc(C)c1-n1c(-c2ccc3c(n2)-c2c(O)cccc2CC3)nc2c(-c3cc(-c4c(-c5cccc(C(C)(C)C)c5)cccc4-c4cccc(C(C)(C)C)c4)c4c(c3)oc3ccccc34)c(-c3c(-c4ccccc4)cccc3-c3cccc(C(C)(C)C)c3)ccc21. The lowest BCUT2D eigenvalue weighted by atomic mass is 9.80. The molecule has 0 saturated carbocycles. The number of aromatic hydroxyl groups is 1. The molecule has 1 aliphatic rings. The van der Waals surface area contributed by atoms with E-state index in [2.05, 4.69) is 305 Å². The fourth-order valence-corrected chi connectivity index (χ4v) is 14.5. The highest BCUT2D eigenvalue weighted by molar-refractivity contribution is 6.18. The van der Waals surface area contributed by atoms with Gasteiger partial charge in [-0.25, -0.2) is 9.97 Å². The van der Waals surface area contributed by atoms with Crippen LogP contribution in [0.15, 0.2) is 241 Å². The minimum Gasteiger partial charge on any atom is -0.507 e. The molecular formula is C88H77N3O2. The minimum atomic E-state index is -0.102. The molecule has 93 heavy (non-hydrogen) atoms. The molecule has 0 unspecified atom stereocenters. The summed E-state index contributed by atoms with van der Waals surface area (Å²) in [6, 6.07) is 86.6. The Bertz CT molecular complexity index is 5210. The number of aromatic nitrogens is 3. The Kier molecular flexibility index (Phi) is 14.3. The van der Waals surface area contributed by atoms with E-state index in [0.717, 1.165) is 163 Å². The molecular weight excluding hydrogens is 1130 g/mol. The third-order valence-electron chi connectivity index (χ3n) is 19.4. The van der Waals surface area contributed by atoms with Gasteiger partial charge in [0.2, 0.25) is 0 Å². The van der Waals surface area contributed by atoms with Gasteiger partial charge in [0.05, 0.1) is 22.4 Å². The van der Waals surface area contributed by atoms with Crippen molar-refractivity contribution in [3.8, 4) is 112 Å². The second-order valence-electron chi connectivity index (χ2n) is 28.7. The number of hydrogen-bond donors (Lipinski definition) is 1. The Morgan fingerprint density at radius 1 is 0.387 bits per heavy atom. The first kappa shape index (κ1) is 59.0. The second kappa shape index (κ2) is 22.5. The van der Waals surface area contributed by atoms with E-state index in [-0.39, 0.29) is 22.0 Å². The molecule has 3 aromatic heterocycles. The van der Waals surface area contributed by atoms with Crippen molar-refractivity contribution in [3.05, 3.63) is 276 Å². The number of para-hydroxylation sites is 2. The molecule has 0 amide bonds. The number of imidazole rings is 1. The predicted octanol–water partition coefficient (Wildman–Crippen LogP) is 23.6. The molecule has 0 radical (unpaired) electrons. The number of hydrogen-bond acceptors (Lipinski definition) is 4. The van der Waals surface area contributed by atoms with Crippen molar-refractivity contribution in [1.82, 2.24) is 14.5 Å². The van der Waals surface area contributed by atoms with Crippen LogP contribution >= 0.6 is 0 Å². The molecule has 5 nitrogen and oxygen atoms in total. The number of rotatable bonds is 9. The maximum absolute atomic E-state index is 11.7. The summed E-state index contributed by atoms with van der Waals surface area (Å²) in [4.78, 5) is 11.7. The number of nitrogens with zero attached hydrogens (tertiary/aromatic N) is 3. The van der Waals surface area contributed by atoms with Crippen LogP contribution in [-0.2, 0) is 29.1 Å². The summed E-state index contributed by atoms with van der Waals surface area (Å²) in [5.74, 6) is 0.940. The van der Waals surface area contributed by atoms with Crippen LogP contribution in [-0.4, -0.2) is 19.6 Å². The van der Waals surface area contributed by atoms with E-state index >= 15 is 0 Å². The van der Waals surface area contributed by atoms with Gasteiger partial charge in [-0.2, -0.15) is 0 Å². The van der Waals surface area contributed by atoms with Gasteiger partial charge in [-0.15, -0.1) is 0 Å². The maximum Gasteiger partial charge on any atom is 0.164 e. The molecule has 456 valence electrons. The van der Waals surface area contributed by atoms with Gasteiger partial charge in [0.1, 0.15) is 22.6 Å². The lowest BCUT2D eigenvalue weighted by Crippen LogP contribution is -2.11. The molecule has 0 saturated heterocycles. The number of benzene rings is 11. The van der Waals surface area contributed by atoms with Crippen LogP contribution in [0.1, 0.15) is 101 Å². The molecule has 0 spiro atoms. The van der Waals surface area contributed by atoms with Crippen molar-refractivity contribution < 1.29 is 9.52 Å². The van der Waals surface area contributed by atoms with Crippen molar-refractivity contribution in [2.45, 2.75) is 105 Å². The second-order valence-corrected chi connectivity index (χ2v) is 28.7. The predicted molar refractivity (Wildman–Crippen MR) is 390 cm³/mol. The van der Waals surface area contributed by atoms with Gasteiger partial charge in [-0.1, -0.05) is 263 Å². The first-order valence-electron chi connectivity index (χ1n) is 32.8. The third-order valence-corrected chi connectivity index (χ3v) is 19.4. The summed E-state index contributed by atoms with van der Waals surface area (Å²) in [5, 5.41) is 13.7. The number of furan rings is 1. The summed E-state index contributed by atoms with van der Waals surface area (Å²) < 4.78 is 9.67. The fraction of sp³-hybridized carbons (Fsp3) is 0.182. The van der Waals surface area contributed by atoms with Crippen molar-refractivity contribution in [2.75, 3.05) is 0 Å². The van der Waals surface area contributed by atoms with Gasteiger partial charge < -0.3 is 9.52 Å². The summed E-state index contributed by atoms with van der Waals surface area (Å²) in [6.07, 6.45) is 1.65. The summed E-state index contributed by atoms with van der Waals surface area (Å²) in [6.45, 7) is 25.1. The van der Waals surface area contributed by atoms with E-state index in [1.807, 2.05) is 6.07 Å². The van der Waals surface area contributed by atoms with Crippen LogP contribution < -0.4 is 0 Å². The molecule has 14 aromatic rings. The van der Waals surface area contributed by atoms with Crippen LogP contribution in [0.2, 0.25) is 0 Å². The lowest BCUT2D eigenvalue weighted by molar-refractivity contribution is 0.476. The van der Waals surface area contributed by atoms with Gasteiger partial charge in [0, 0.05) is 21.9 Å². The van der Waals surface area contributed by atoms with Crippen molar-refractivity contribution in [3.63, 3.8) is 0 Å². The maximum atomic E-state index is 11.7. The average molecular weight is 1210 g/mol. The third kappa shape index (κ3) is 10.4. The molecule has 0 bridgehead atoms. The van der Waals surface area contributed by atoms with E-state index < -0.39 is 0 Å². The zero-order chi connectivity index (χ0) is 64.2. The zero-order valence-electron chi connectivity index (χ0n) is 55.1. The molecule has 0 aliphatic heterocycles. The van der Waals surface area contributed by atoms with Crippen molar-refractivity contribution in [1.29, 1.82) is 0 Å². The van der Waals surface area contributed by atoms with Crippen LogP contribution in [0.5, 0.6) is 5.75 Å². The Morgan fingerprint density at radius 3 is 1.51 bits per heavy atom. The summed E-state index contributed by atoms with van der Waals surface area (Å²) in [7, 11) is 0. The van der Waals surface area contributed by atoms with Crippen LogP contribution in [0.4, 0.5) is 0 Å². The van der Waals surface area contributed by atoms with Crippen molar-refractivity contribution >= 4 is 33.0 Å². The molecule has 0 atom stereocenters. The number of phenols is 1. The first-order valence-corrected chi connectivity index (χ1v) is 32.8. The Labute approximate surface area is 546 Å². The largest absolute Gasteiger partial charge is 0.507 e. The molecule has 15 rings (SSSR count). The van der Waals surface area contributed by atoms with E-state index in [9.17, 15) is 5.11 Å². The van der Waals surface area contributed by atoms with Crippen LogP contribution in [0.3, 0.4) is 0 Å². The monoisotopic (exact) mass is 1210 g/mol. The van der Waals surface area contributed by atoms with Crippen molar-refractivity contribution in [2.24, 2.45) is 0 Å². The average Bonchev–Trinajstić information content (AvgIpc) is 1.65. The minimum absolute atomic E-state index is 0.0964. The quantitative estimate of drug-likeness (QED) is 0.156. The van der Waals surface area contributed by atoms with Crippen LogP contribution in [0.25, 0.3) is 139 Å². The smallest absolute Gasteiger partial charge is 0.164 e. The molecule has 11 aromatic carbocycles. The fourth-order valence-electron chi connectivity index (χ4n) is 14.5. The number of phenolic OH excluding ortho intramolecular Hbond substituents is 1. The Morgan fingerprint density at radius 2 is 0.903 bits per heavy atom. The summed E-state index contributed by atoms with van der Waals surface area (Å²) in [5.41, 5.74) is 29.8. The Hall–Kier alpha value is -10.4. The molecule has 1 aliphatic carbocycles. The van der Waals surface area contributed by atoms with Gasteiger partial charge in [-0.05, 0) is 191 Å². The first-order chi connectivity index (χ1) is 44.8. The van der Waals surface area contributed by atoms with Gasteiger partial charge >= 0.3 is 0 Å². The highest BCUT2D eigenvalue weighted by Gasteiger charge is 2.31. The molecule has 0 fully saturated rings. The molecule has 3 heterocycles. The number of aryl methyl sites for hydroxylation is 4. The molecule has 1 N–H and O–H groups in total. The highest BCUT2D eigenvalue weighted by atomic mass is 16.3. The summed E-state index contributed by atoms with van der Waals surface area (Å²) >= 11 is 0. The standard InChI is InChI=1S/C88H77N3O2/c1-53-24-17-25-54(2)84(53)91-73-47-45-70(79-65(55-26-13-12-14-27-55)36-22-37-66(79)58-29-18-32-62(48-58)86(3,4)5)77(83(73)90-85(91)72-46-44-57-43-42-56-28-21-40-74(92)78(56)82(57)89-72)61-51-71(81-69-35-15-16-41-75(69)93-76(81)52-61)80-67(59-30-19-33-63(49-59)87(6,7)8)38-23-39-68(80)60-31-20-34-64(50-60)88(9,10)11/h12-41,44-52,92H,42-43H2,1-11H3. The number of pyridine rings is 1. The van der Waals surface area contributed by atoms with E-state index in [1.54, 1.807) is 6.07 Å². The van der Waals surface area contributed by atoms with Crippen LogP contribution in [0, 0.1) is 13.8 Å². The lowest BCUT2D eigenvalue weighted by Gasteiger charge is -2.24. The zero-order valence-corrected chi connectivity index (χ0v) is 55.1. The van der Waals surface area contributed by atoms with Gasteiger partial charge in [0.25, 0.3) is 0 Å². The van der Waals surface area contributed by atoms with Gasteiger partial charge in [0.15, 0.2) is 5.82 Å². The normalized spacial score (nSPS) is 12.6. The van der Waals surface area contributed by atoms with E-state index in [4.69, 9.17) is 14.4 Å². The Balaban J connectivity index is 1.13. The number of fused-ring (bicyclic) bond motifs is 7. The van der Waals surface area contributed by atoms with E-state index in [0.29, 0.717) is 11.5 Å². The topological polar surface area (TPSA) is 64.1 Å². The van der Waals surface area contributed by atoms with E-state index in [1.165, 1.54) is 16.7 Å². The highest BCUT2D eigenvalue weighted by Crippen LogP contribution is 2.53. The van der Waals surface area contributed by atoms with Gasteiger partial charge in [-0.3, -0.25) is 4.57 Å². The molecule has 5 heteroatoms.